The second-order valence-electron chi connectivity index (χ2n) is 6.60. The largest absolute Gasteiger partial charge is 0.389 e. The van der Waals surface area contributed by atoms with E-state index in [0.717, 1.165) is 48.8 Å². The maximum Gasteiger partial charge on any atom is 0.123 e. The van der Waals surface area contributed by atoms with Crippen LogP contribution in [0.5, 0.6) is 0 Å². The SMILES string of the molecule is CC(C)(O)[C@@H]1CCCN1CCc1c[nH]c2ccc(F)cc12. The molecule has 21 heavy (non-hydrogen) atoms. The molecular weight excluding hydrogens is 267 g/mol. The Hall–Kier alpha value is -1.39. The highest BCUT2D eigenvalue weighted by molar-refractivity contribution is 5.83. The van der Waals surface area contributed by atoms with Crippen molar-refractivity contribution in [1.82, 2.24) is 9.88 Å². The molecule has 1 aromatic heterocycles. The number of nitrogens with one attached hydrogen (secondary N) is 1. The highest BCUT2D eigenvalue weighted by Gasteiger charge is 2.35. The van der Waals surface area contributed by atoms with E-state index in [1.54, 1.807) is 12.1 Å². The summed E-state index contributed by atoms with van der Waals surface area (Å²) >= 11 is 0. The van der Waals surface area contributed by atoms with Gasteiger partial charge in [0.2, 0.25) is 0 Å². The van der Waals surface area contributed by atoms with Crippen molar-refractivity contribution < 1.29 is 9.50 Å². The zero-order valence-corrected chi connectivity index (χ0v) is 12.7. The number of rotatable bonds is 4. The second kappa shape index (κ2) is 5.43. The number of benzene rings is 1. The lowest BCUT2D eigenvalue weighted by Gasteiger charge is -2.33. The molecule has 2 N–H and O–H groups in total. The van der Waals surface area contributed by atoms with Gasteiger partial charge in [-0.3, -0.25) is 4.90 Å². The van der Waals surface area contributed by atoms with Crippen molar-refractivity contribution in [3.05, 3.63) is 35.8 Å². The van der Waals surface area contributed by atoms with E-state index in [0.29, 0.717) is 0 Å². The summed E-state index contributed by atoms with van der Waals surface area (Å²) in [4.78, 5) is 5.56. The lowest BCUT2D eigenvalue weighted by Crippen LogP contribution is -2.46. The number of nitrogens with zero attached hydrogens (tertiary/aromatic N) is 1. The minimum atomic E-state index is -0.664. The Morgan fingerprint density at radius 2 is 2.24 bits per heavy atom. The lowest BCUT2D eigenvalue weighted by atomic mass is 9.96. The van der Waals surface area contributed by atoms with Crippen molar-refractivity contribution >= 4 is 10.9 Å². The van der Waals surface area contributed by atoms with Crippen molar-refractivity contribution in [2.75, 3.05) is 13.1 Å². The Bertz CT molecular complexity index is 629. The molecule has 1 atom stereocenters. The van der Waals surface area contributed by atoms with Crippen LogP contribution in [0.25, 0.3) is 10.9 Å². The van der Waals surface area contributed by atoms with Crippen molar-refractivity contribution in [3.8, 4) is 0 Å². The summed E-state index contributed by atoms with van der Waals surface area (Å²) in [6.45, 7) is 5.71. The molecule has 1 fully saturated rings. The van der Waals surface area contributed by atoms with Crippen LogP contribution >= 0.6 is 0 Å². The fraction of sp³-hybridized carbons (Fsp3) is 0.529. The topological polar surface area (TPSA) is 39.3 Å². The van der Waals surface area contributed by atoms with E-state index in [-0.39, 0.29) is 11.9 Å². The number of halogens is 1. The van der Waals surface area contributed by atoms with Crippen LogP contribution in [0.4, 0.5) is 4.39 Å². The second-order valence-corrected chi connectivity index (χ2v) is 6.60. The minimum Gasteiger partial charge on any atom is -0.389 e. The van der Waals surface area contributed by atoms with Crippen LogP contribution < -0.4 is 0 Å². The predicted octanol–water partition coefficient (Wildman–Crippen LogP) is 3.08. The Kier molecular flexibility index (Phi) is 3.76. The molecule has 114 valence electrons. The summed E-state index contributed by atoms with van der Waals surface area (Å²) in [6.07, 6.45) is 5.03. The van der Waals surface area contributed by atoms with Gasteiger partial charge in [-0.2, -0.15) is 0 Å². The fourth-order valence-electron chi connectivity index (χ4n) is 3.52. The van der Waals surface area contributed by atoms with Crippen LogP contribution in [0.1, 0.15) is 32.3 Å². The van der Waals surface area contributed by atoms with Crippen LogP contribution in [-0.2, 0) is 6.42 Å². The number of hydrogen-bond donors (Lipinski definition) is 2. The first-order valence-corrected chi connectivity index (χ1v) is 7.67. The van der Waals surface area contributed by atoms with E-state index in [4.69, 9.17) is 0 Å². The molecule has 0 radical (unpaired) electrons. The van der Waals surface area contributed by atoms with Gasteiger partial charge >= 0.3 is 0 Å². The highest BCUT2D eigenvalue weighted by atomic mass is 19.1. The third-order valence-corrected chi connectivity index (χ3v) is 4.58. The van der Waals surface area contributed by atoms with E-state index >= 15 is 0 Å². The average molecular weight is 290 g/mol. The van der Waals surface area contributed by atoms with Gasteiger partial charge in [0.15, 0.2) is 0 Å². The van der Waals surface area contributed by atoms with Crippen LogP contribution in [0.15, 0.2) is 24.4 Å². The summed E-state index contributed by atoms with van der Waals surface area (Å²) in [7, 11) is 0. The third-order valence-electron chi connectivity index (χ3n) is 4.58. The highest BCUT2D eigenvalue weighted by Crippen LogP contribution is 2.27. The van der Waals surface area contributed by atoms with Gasteiger partial charge < -0.3 is 10.1 Å². The number of hydrogen-bond acceptors (Lipinski definition) is 2. The van der Waals surface area contributed by atoms with Gasteiger partial charge in [0, 0.05) is 29.7 Å². The van der Waals surface area contributed by atoms with Crippen molar-refractivity contribution in [2.24, 2.45) is 0 Å². The maximum atomic E-state index is 13.4. The molecule has 0 amide bonds. The molecule has 0 saturated carbocycles. The molecule has 1 aliphatic heterocycles. The van der Waals surface area contributed by atoms with Crippen LogP contribution in [0.3, 0.4) is 0 Å². The van der Waals surface area contributed by atoms with Crippen molar-refractivity contribution in [3.63, 3.8) is 0 Å². The Morgan fingerprint density at radius 1 is 1.43 bits per heavy atom. The first-order valence-electron chi connectivity index (χ1n) is 7.67. The standard InChI is InChI=1S/C17H23FN2O/c1-17(2,21)16-4-3-8-20(16)9-7-12-11-19-15-6-5-13(18)10-14(12)15/h5-6,10-11,16,19,21H,3-4,7-9H2,1-2H3/t16-/m0/s1. The van der Waals surface area contributed by atoms with Crippen LogP contribution in [-0.4, -0.2) is 39.7 Å². The molecule has 2 aromatic rings. The Morgan fingerprint density at radius 3 is 3.00 bits per heavy atom. The Labute approximate surface area is 124 Å². The van der Waals surface area contributed by atoms with Gasteiger partial charge in [0.05, 0.1) is 5.60 Å². The predicted molar refractivity (Wildman–Crippen MR) is 82.9 cm³/mol. The van der Waals surface area contributed by atoms with E-state index in [1.165, 1.54) is 6.07 Å². The number of likely N-dealkylation sites (tertiary alicyclic amines) is 1. The first kappa shape index (κ1) is 14.5. The molecule has 3 rings (SSSR count). The fourth-order valence-corrected chi connectivity index (χ4v) is 3.52. The van der Waals surface area contributed by atoms with Gasteiger partial charge in [0.1, 0.15) is 5.82 Å². The number of aromatic nitrogens is 1. The number of H-pyrrole nitrogens is 1. The molecule has 0 bridgehead atoms. The molecule has 1 saturated heterocycles. The maximum absolute atomic E-state index is 13.4. The monoisotopic (exact) mass is 290 g/mol. The van der Waals surface area contributed by atoms with Gasteiger partial charge in [-0.1, -0.05) is 0 Å². The molecular formula is C17H23FN2O. The minimum absolute atomic E-state index is 0.195. The normalized spacial score (nSPS) is 20.5. The zero-order chi connectivity index (χ0) is 15.0. The smallest absolute Gasteiger partial charge is 0.123 e. The third kappa shape index (κ3) is 2.97. The van der Waals surface area contributed by atoms with Crippen molar-refractivity contribution in [2.45, 2.75) is 44.8 Å². The lowest BCUT2D eigenvalue weighted by molar-refractivity contribution is -0.00193. The summed E-state index contributed by atoms with van der Waals surface area (Å²) in [5.74, 6) is -0.195. The molecule has 2 heterocycles. The molecule has 0 aliphatic carbocycles. The molecule has 0 unspecified atom stereocenters. The van der Waals surface area contributed by atoms with Gasteiger partial charge in [-0.25, -0.2) is 4.39 Å². The molecule has 1 aliphatic rings. The quantitative estimate of drug-likeness (QED) is 0.908. The van der Waals surface area contributed by atoms with E-state index in [1.807, 2.05) is 20.0 Å². The summed E-state index contributed by atoms with van der Waals surface area (Å²) in [5.41, 5.74) is 1.46. The van der Waals surface area contributed by atoms with Gasteiger partial charge in [-0.05, 0) is 63.4 Å². The average Bonchev–Trinajstić information content (AvgIpc) is 3.01. The summed E-state index contributed by atoms with van der Waals surface area (Å²) in [6, 6.07) is 5.08. The Balaban J connectivity index is 1.73. The van der Waals surface area contributed by atoms with Crippen molar-refractivity contribution in [1.29, 1.82) is 0 Å². The van der Waals surface area contributed by atoms with E-state index in [9.17, 15) is 9.50 Å². The molecule has 4 heteroatoms. The zero-order valence-electron chi connectivity index (χ0n) is 12.7. The number of aliphatic hydroxyl groups is 1. The summed E-state index contributed by atoms with van der Waals surface area (Å²) in [5, 5.41) is 11.2. The number of aromatic amines is 1. The van der Waals surface area contributed by atoms with E-state index in [2.05, 4.69) is 9.88 Å². The first-order chi connectivity index (χ1) is 9.95. The molecule has 3 nitrogen and oxygen atoms in total. The van der Waals surface area contributed by atoms with Crippen LogP contribution in [0.2, 0.25) is 0 Å². The van der Waals surface area contributed by atoms with Crippen LogP contribution in [0, 0.1) is 5.82 Å². The van der Waals surface area contributed by atoms with E-state index < -0.39 is 5.60 Å². The number of fused-ring (bicyclic) bond motifs is 1. The molecule has 0 spiro atoms. The van der Waals surface area contributed by atoms with Gasteiger partial charge in [-0.15, -0.1) is 0 Å². The molecule has 1 aromatic carbocycles. The van der Waals surface area contributed by atoms with Gasteiger partial charge in [0.25, 0.3) is 0 Å². The summed E-state index contributed by atoms with van der Waals surface area (Å²) < 4.78 is 13.4.